The molecule has 0 saturated carbocycles. The highest BCUT2D eigenvalue weighted by molar-refractivity contribution is 4.97. The molecular formula is C42H82O. The maximum atomic E-state index is 5.79. The van der Waals surface area contributed by atoms with E-state index in [1.165, 1.54) is 229 Å². The lowest BCUT2D eigenvalue weighted by atomic mass is 10.0. The van der Waals surface area contributed by atoms with Crippen LogP contribution in [0.2, 0.25) is 0 Å². The summed E-state index contributed by atoms with van der Waals surface area (Å²) in [4.78, 5) is 0. The van der Waals surface area contributed by atoms with Crippen LogP contribution in [0.1, 0.15) is 246 Å². The van der Waals surface area contributed by atoms with Crippen LogP contribution in [-0.2, 0) is 4.74 Å². The molecule has 0 amide bonds. The van der Waals surface area contributed by atoms with Gasteiger partial charge in [-0.1, -0.05) is 206 Å². The summed E-state index contributed by atoms with van der Waals surface area (Å²) in [7, 11) is 0. The van der Waals surface area contributed by atoms with Crippen LogP contribution in [0.25, 0.3) is 0 Å². The van der Waals surface area contributed by atoms with Gasteiger partial charge in [-0.2, -0.15) is 0 Å². The molecule has 0 N–H and O–H groups in total. The topological polar surface area (TPSA) is 9.23 Å². The van der Waals surface area contributed by atoms with Crippen molar-refractivity contribution in [2.45, 2.75) is 246 Å². The Balaban J connectivity index is 3.39. The van der Waals surface area contributed by atoms with Gasteiger partial charge in [0.15, 0.2) is 0 Å². The zero-order valence-corrected chi connectivity index (χ0v) is 30.6. The van der Waals surface area contributed by atoms with Crippen LogP contribution in [0, 0.1) is 0 Å². The molecule has 1 heteroatoms. The fourth-order valence-corrected chi connectivity index (χ4v) is 6.29. The van der Waals surface area contributed by atoms with Crippen molar-refractivity contribution in [1.29, 1.82) is 0 Å². The van der Waals surface area contributed by atoms with E-state index < -0.39 is 0 Å². The van der Waals surface area contributed by atoms with E-state index >= 15 is 0 Å². The smallest absolute Gasteiger partial charge is 0.0890 e. The fraction of sp³-hybridized carbons (Fsp3) is 0.905. The van der Waals surface area contributed by atoms with Gasteiger partial charge >= 0.3 is 0 Å². The summed E-state index contributed by atoms with van der Waals surface area (Å²) in [5.41, 5.74) is 2.77. The normalized spacial score (nSPS) is 12.4. The largest absolute Gasteiger partial charge is 0.473 e. The lowest BCUT2D eigenvalue weighted by Crippen LogP contribution is -1.85. The molecule has 0 aliphatic heterocycles. The summed E-state index contributed by atoms with van der Waals surface area (Å²) >= 11 is 0. The van der Waals surface area contributed by atoms with Crippen molar-refractivity contribution in [2.24, 2.45) is 0 Å². The molecule has 1 nitrogen and oxygen atoms in total. The fourth-order valence-electron chi connectivity index (χ4n) is 6.29. The predicted molar refractivity (Wildman–Crippen MR) is 197 cm³/mol. The van der Waals surface area contributed by atoms with Gasteiger partial charge in [0.05, 0.1) is 12.5 Å². The molecule has 0 aromatic heterocycles. The van der Waals surface area contributed by atoms with E-state index in [0.717, 1.165) is 0 Å². The molecule has 0 saturated heterocycles. The Kier molecular flexibility index (Phi) is 36.8. The third-order valence-electron chi connectivity index (χ3n) is 9.39. The molecule has 0 rings (SSSR count). The Hall–Kier alpha value is -0.720. The molecule has 0 atom stereocenters. The van der Waals surface area contributed by atoms with Crippen molar-refractivity contribution >= 4 is 0 Å². The summed E-state index contributed by atoms with van der Waals surface area (Å²) in [5, 5.41) is 0. The maximum absolute atomic E-state index is 5.79. The average Bonchev–Trinajstić information content (AvgIpc) is 3.00. The zero-order chi connectivity index (χ0) is 31.3. The van der Waals surface area contributed by atoms with Gasteiger partial charge in [0, 0.05) is 0 Å². The molecule has 0 aromatic carbocycles. The van der Waals surface area contributed by atoms with Gasteiger partial charge in [-0.05, 0) is 50.7 Å². The third kappa shape index (κ3) is 37.4. The van der Waals surface area contributed by atoms with Gasteiger partial charge in [0.2, 0.25) is 0 Å². The number of rotatable bonds is 36. The Morgan fingerprint density at radius 3 is 0.698 bits per heavy atom. The lowest BCUT2D eigenvalue weighted by Gasteiger charge is -2.05. The van der Waals surface area contributed by atoms with Crippen molar-refractivity contribution < 1.29 is 4.74 Å². The molecule has 0 aliphatic rings. The number of hydrogen-bond acceptors (Lipinski definition) is 1. The van der Waals surface area contributed by atoms with E-state index in [9.17, 15) is 0 Å². The molecule has 0 unspecified atom stereocenters. The second-order valence-corrected chi connectivity index (χ2v) is 14.2. The summed E-state index contributed by atoms with van der Waals surface area (Å²) < 4.78 is 5.79. The van der Waals surface area contributed by atoms with Crippen LogP contribution in [0.3, 0.4) is 0 Å². The Bertz CT molecular complexity index is 523. The van der Waals surface area contributed by atoms with E-state index in [-0.39, 0.29) is 0 Å². The van der Waals surface area contributed by atoms with Crippen molar-refractivity contribution in [3.63, 3.8) is 0 Å². The molecular weight excluding hydrogens is 520 g/mol. The highest BCUT2D eigenvalue weighted by Gasteiger charge is 1.98. The summed E-state index contributed by atoms with van der Waals surface area (Å²) in [6.07, 6.45) is 52.2. The highest BCUT2D eigenvalue weighted by Crippen LogP contribution is 2.17. The van der Waals surface area contributed by atoms with Gasteiger partial charge in [0.25, 0.3) is 0 Å². The lowest BCUT2D eigenvalue weighted by molar-refractivity contribution is 0.388. The number of allylic oxidation sites excluding steroid dienone is 2. The van der Waals surface area contributed by atoms with Crippen molar-refractivity contribution in [3.8, 4) is 0 Å². The van der Waals surface area contributed by atoms with Crippen molar-refractivity contribution in [1.82, 2.24) is 0 Å². The number of ether oxygens (including phenoxy) is 1. The van der Waals surface area contributed by atoms with Crippen LogP contribution >= 0.6 is 0 Å². The molecule has 0 aromatic rings. The minimum absolute atomic E-state index is 1.18. The second kappa shape index (κ2) is 37.5. The maximum Gasteiger partial charge on any atom is 0.0890 e. The first-order valence-electron chi connectivity index (χ1n) is 20.2. The Morgan fingerprint density at radius 1 is 0.302 bits per heavy atom. The first-order valence-corrected chi connectivity index (χ1v) is 20.2. The first-order chi connectivity index (χ1) is 21.2. The minimum Gasteiger partial charge on any atom is -0.473 e. The van der Waals surface area contributed by atoms with Crippen LogP contribution in [0.4, 0.5) is 0 Å². The molecule has 0 fully saturated rings. The van der Waals surface area contributed by atoms with Crippen LogP contribution in [0.5, 0.6) is 0 Å². The first kappa shape index (κ1) is 42.3. The van der Waals surface area contributed by atoms with Gasteiger partial charge in [-0.15, -0.1) is 0 Å². The summed E-state index contributed by atoms with van der Waals surface area (Å²) in [6.45, 7) is 9.06. The minimum atomic E-state index is 1.18. The van der Waals surface area contributed by atoms with Crippen molar-refractivity contribution in [2.75, 3.05) is 0 Å². The number of hydrogen-bond donors (Lipinski definition) is 0. The Morgan fingerprint density at radius 2 is 0.488 bits per heavy atom. The molecule has 0 aliphatic carbocycles. The van der Waals surface area contributed by atoms with Crippen LogP contribution in [-0.4, -0.2) is 0 Å². The van der Waals surface area contributed by atoms with Gasteiger partial charge in [-0.3, -0.25) is 0 Å². The SMILES string of the molecule is CCCCCCCCCCCCCCCCCCC(C)=COC=C(C)CCCCCCCCCCCCCCCCCC. The third-order valence-corrected chi connectivity index (χ3v) is 9.39. The van der Waals surface area contributed by atoms with Crippen LogP contribution in [0.15, 0.2) is 23.7 Å². The molecule has 0 heterocycles. The molecule has 43 heavy (non-hydrogen) atoms. The zero-order valence-electron chi connectivity index (χ0n) is 30.6. The average molecular weight is 603 g/mol. The highest BCUT2D eigenvalue weighted by atomic mass is 16.5. The van der Waals surface area contributed by atoms with Gasteiger partial charge in [0.1, 0.15) is 0 Å². The van der Waals surface area contributed by atoms with E-state index in [1.807, 2.05) is 12.5 Å². The monoisotopic (exact) mass is 603 g/mol. The predicted octanol–water partition coefficient (Wildman–Crippen LogP) is 16.1. The van der Waals surface area contributed by atoms with Crippen LogP contribution < -0.4 is 0 Å². The second-order valence-electron chi connectivity index (χ2n) is 14.2. The van der Waals surface area contributed by atoms with E-state index in [2.05, 4.69) is 27.7 Å². The van der Waals surface area contributed by atoms with E-state index in [4.69, 9.17) is 4.74 Å². The van der Waals surface area contributed by atoms with Gasteiger partial charge < -0.3 is 4.74 Å². The standard InChI is InChI=1S/C42H82O/c1-5-7-9-11-13-15-17-19-21-23-25-27-29-31-33-35-37-41(3)39-43-40-42(4)38-36-34-32-30-28-26-24-22-20-18-16-14-12-10-8-6-2/h39-40H,5-38H2,1-4H3. The molecule has 0 bridgehead atoms. The van der Waals surface area contributed by atoms with Gasteiger partial charge in [-0.25, -0.2) is 0 Å². The Labute approximate surface area is 273 Å². The van der Waals surface area contributed by atoms with Crippen molar-refractivity contribution in [3.05, 3.63) is 23.7 Å². The quantitative estimate of drug-likeness (QED) is 0.0512. The molecule has 256 valence electrons. The molecule has 0 radical (unpaired) electrons. The summed E-state index contributed by atoms with van der Waals surface area (Å²) in [5.74, 6) is 0. The summed E-state index contributed by atoms with van der Waals surface area (Å²) in [6, 6.07) is 0. The van der Waals surface area contributed by atoms with E-state index in [1.54, 1.807) is 0 Å². The number of unbranched alkanes of at least 4 members (excludes halogenated alkanes) is 30. The molecule has 0 spiro atoms. The van der Waals surface area contributed by atoms with E-state index in [0.29, 0.717) is 0 Å².